The molecule has 0 aliphatic heterocycles. The maximum Gasteiger partial charge on any atom is 0.113 e. The summed E-state index contributed by atoms with van der Waals surface area (Å²) in [6, 6.07) is 55.8. The van der Waals surface area contributed by atoms with Gasteiger partial charge in [-0.25, -0.2) is 25.5 Å². The molecule has 2 aliphatic carbocycles. The van der Waals surface area contributed by atoms with Crippen molar-refractivity contribution in [2.24, 2.45) is 13.6 Å². The van der Waals surface area contributed by atoms with Crippen LogP contribution in [-0.2, 0) is 81.3 Å². The number of hydrogen-bond donors (Lipinski definition) is 0. The molecule has 0 saturated carbocycles. The summed E-state index contributed by atoms with van der Waals surface area (Å²) in [6.07, 6.45) is 4.54. The molecule has 18 heteroatoms. The van der Waals surface area contributed by atoms with Gasteiger partial charge >= 0.3 is 0 Å². The molecule has 69 heavy (non-hydrogen) atoms. The summed E-state index contributed by atoms with van der Waals surface area (Å²) >= 11 is 0. The fraction of sp³-hybridized carbons (Fsp3) is 0.235. The van der Waals surface area contributed by atoms with Gasteiger partial charge in [-0.05, 0) is 124 Å². The van der Waals surface area contributed by atoms with E-state index in [0.717, 1.165) is 47.9 Å². The molecule has 0 radical (unpaired) electrons. The fourth-order valence-electron chi connectivity index (χ4n) is 8.59. The summed E-state index contributed by atoms with van der Waals surface area (Å²) < 4.78 is 53.6. The second kappa shape index (κ2) is 24.5. The Morgan fingerprint density at radius 1 is 0.464 bits per heavy atom. The van der Waals surface area contributed by atoms with E-state index >= 15 is 0 Å². The molecule has 6 aromatic carbocycles. The molecule has 0 spiro atoms. The van der Waals surface area contributed by atoms with Crippen LogP contribution in [0, 0.1) is 0 Å². The molecule has 15 nitrogen and oxygen atoms in total. The molecule has 3 unspecified atom stereocenters. The summed E-state index contributed by atoms with van der Waals surface area (Å²) in [5.41, 5.74) is 35.5. The summed E-state index contributed by atoms with van der Waals surface area (Å²) in [7, 11) is -7.37. The molecule has 2 aliphatic rings. The molecule has 0 amide bonds. The van der Waals surface area contributed by atoms with Crippen molar-refractivity contribution < 1.29 is 12.6 Å². The first-order valence-electron chi connectivity index (χ1n) is 22.1. The maximum absolute atomic E-state index is 12.8. The molecule has 6 aromatic rings. The number of nitrogens with zero attached hydrogens (tertiary/aromatic N) is 12. The molecule has 8 rings (SSSR count). The number of azide groups is 3. The van der Waals surface area contributed by atoms with E-state index in [-0.39, 0.29) is 18.1 Å². The zero-order valence-electron chi connectivity index (χ0n) is 38.5. The largest absolute Gasteiger partial charge is 0.245 e. The number of fused-ring (bicyclic) bond motifs is 2. The van der Waals surface area contributed by atoms with Crippen molar-refractivity contribution in [3.63, 3.8) is 0 Å². The Morgan fingerprint density at radius 3 is 1.01 bits per heavy atom. The Hall–Kier alpha value is -6.81. The van der Waals surface area contributed by atoms with Crippen molar-refractivity contribution in [3.8, 4) is 0 Å². The molecular weight excluding hydrogens is 925 g/mol. The first kappa shape index (κ1) is 51.6. The van der Waals surface area contributed by atoms with Crippen LogP contribution >= 0.6 is 0 Å². The van der Waals surface area contributed by atoms with Crippen LogP contribution in [0.2, 0.25) is 0 Å². The van der Waals surface area contributed by atoms with Crippen LogP contribution in [0.1, 0.15) is 44.5 Å². The van der Waals surface area contributed by atoms with E-state index in [2.05, 4.69) is 70.2 Å². The Labute approximate surface area is 406 Å². The van der Waals surface area contributed by atoms with Crippen LogP contribution in [0.3, 0.4) is 0 Å². The van der Waals surface area contributed by atoms with Gasteiger partial charge in [-0.2, -0.15) is 0 Å². The van der Waals surface area contributed by atoms with Crippen molar-refractivity contribution in [3.05, 3.63) is 246 Å². The van der Waals surface area contributed by atoms with Crippen LogP contribution in [-0.4, -0.2) is 68.3 Å². The van der Waals surface area contributed by atoms with Crippen molar-refractivity contribution in [1.82, 2.24) is 12.9 Å². The second-order valence-electron chi connectivity index (χ2n) is 16.7. The fourth-order valence-corrected chi connectivity index (χ4v) is 11.8. The van der Waals surface area contributed by atoms with Gasteiger partial charge in [0.05, 0.1) is 0 Å². The van der Waals surface area contributed by atoms with Gasteiger partial charge in [-0.15, -0.1) is 0 Å². The first-order chi connectivity index (χ1) is 33.2. The van der Waals surface area contributed by atoms with Gasteiger partial charge in [-0.3, -0.25) is 0 Å². The van der Waals surface area contributed by atoms with Crippen LogP contribution in [0.4, 0.5) is 0 Å². The molecule has 356 valence electrons. The number of benzene rings is 6. The smallest absolute Gasteiger partial charge is 0.113 e. The van der Waals surface area contributed by atoms with Gasteiger partial charge in [0.25, 0.3) is 0 Å². The van der Waals surface area contributed by atoms with Gasteiger partial charge in [0.1, 0.15) is 29.7 Å². The standard InChI is InChI=1S/2C17H18N4OS.C17H20N4OS/c2*1-23(22,20-19-18)21(13-14-7-3-2-4-8-14)17-11-15-9-5-6-10-16(15)12-17;1-21(23(2,22)20-19-18)17(13-15-9-5-3-6-10-15)14-16-11-7-4-8-12-16/h2*2-10,17H,1,11-13H2;3-12,17H,2,13-14H2,1H3. The van der Waals surface area contributed by atoms with E-state index < -0.39 is 29.7 Å². The van der Waals surface area contributed by atoms with E-state index in [4.69, 9.17) is 16.6 Å². The average Bonchev–Trinajstić information content (AvgIpc) is 3.98. The normalized spacial score (nSPS) is 15.6. The van der Waals surface area contributed by atoms with Crippen molar-refractivity contribution in [2.75, 3.05) is 7.05 Å². The van der Waals surface area contributed by atoms with Crippen molar-refractivity contribution in [1.29, 1.82) is 0 Å². The van der Waals surface area contributed by atoms with Crippen molar-refractivity contribution in [2.45, 2.75) is 69.7 Å². The highest BCUT2D eigenvalue weighted by Gasteiger charge is 2.32. The minimum absolute atomic E-state index is 0.0168. The zero-order valence-corrected chi connectivity index (χ0v) is 40.9. The Balaban J connectivity index is 0.000000170. The van der Waals surface area contributed by atoms with Crippen LogP contribution in [0.25, 0.3) is 31.3 Å². The van der Waals surface area contributed by atoms with Crippen LogP contribution < -0.4 is 0 Å². The molecule has 0 N–H and O–H groups in total. The van der Waals surface area contributed by atoms with Gasteiger partial charge in [0, 0.05) is 59.5 Å². The maximum atomic E-state index is 12.8. The summed E-state index contributed by atoms with van der Waals surface area (Å²) in [6.45, 7) is 0.891. The SMILES string of the molecule is C=S(=O)(N=[N+]=[N-])N(C)C(Cc1ccccc1)Cc1ccccc1.C=S(=O)(N=[N+]=[N-])N(Cc1ccccc1)C1Cc2ccccc2C1.C=S(=O)(N=[N+]=[N-])N(Cc1ccccc1)C1Cc2ccccc2C1. The highest BCUT2D eigenvalue weighted by molar-refractivity contribution is 7.97. The quantitative estimate of drug-likeness (QED) is 0.0379. The van der Waals surface area contributed by atoms with E-state index in [1.807, 2.05) is 146 Å². The summed E-state index contributed by atoms with van der Waals surface area (Å²) in [5.74, 6) is 11.0. The molecular formula is C51H56N12O3S3. The van der Waals surface area contributed by atoms with Crippen LogP contribution in [0.15, 0.2) is 183 Å². The van der Waals surface area contributed by atoms with E-state index in [9.17, 15) is 12.6 Å². The van der Waals surface area contributed by atoms with Gasteiger partial charge in [-0.1, -0.05) is 170 Å². The second-order valence-corrected chi connectivity index (χ2v) is 22.3. The van der Waals surface area contributed by atoms with E-state index in [1.54, 1.807) is 20.0 Å². The highest BCUT2D eigenvalue weighted by atomic mass is 32.2. The third kappa shape index (κ3) is 14.6. The lowest BCUT2D eigenvalue weighted by Crippen LogP contribution is -2.39. The minimum Gasteiger partial charge on any atom is -0.245 e. The summed E-state index contributed by atoms with van der Waals surface area (Å²) in [5, 5.41) is 0. The van der Waals surface area contributed by atoms with Gasteiger partial charge in [0.2, 0.25) is 0 Å². The first-order valence-corrected chi connectivity index (χ1v) is 27.0. The Bertz CT molecular complexity index is 2890. The Morgan fingerprint density at radius 2 is 0.725 bits per heavy atom. The predicted octanol–water partition coefficient (Wildman–Crippen LogP) is 10.7. The predicted molar refractivity (Wildman–Crippen MR) is 284 cm³/mol. The third-order valence-electron chi connectivity index (χ3n) is 12.1. The minimum atomic E-state index is -3.03. The van der Waals surface area contributed by atoms with Gasteiger partial charge < -0.3 is 0 Å². The third-order valence-corrected chi connectivity index (χ3v) is 16.6. The Kier molecular flexibility index (Phi) is 18.3. The van der Waals surface area contributed by atoms with E-state index in [0.29, 0.717) is 25.9 Å². The molecule has 0 aromatic heterocycles. The van der Waals surface area contributed by atoms with Gasteiger partial charge in [0.15, 0.2) is 0 Å². The average molecular weight is 981 g/mol. The molecule has 0 heterocycles. The number of likely N-dealkylation sites (N-methyl/N-ethyl adjacent to an activating group) is 1. The lowest BCUT2D eigenvalue weighted by Gasteiger charge is -2.29. The van der Waals surface area contributed by atoms with E-state index in [1.165, 1.54) is 22.3 Å². The summed E-state index contributed by atoms with van der Waals surface area (Å²) in [4.78, 5) is 8.14. The lowest BCUT2D eigenvalue weighted by molar-refractivity contribution is 0.338. The van der Waals surface area contributed by atoms with Crippen LogP contribution in [0.5, 0.6) is 0 Å². The topological polar surface area (TPSA) is 207 Å². The molecule has 0 fully saturated rings. The zero-order chi connectivity index (χ0) is 49.3. The molecule has 3 atom stereocenters. The lowest BCUT2D eigenvalue weighted by atomic mass is 9.99. The van der Waals surface area contributed by atoms with Crippen molar-refractivity contribution >= 4 is 47.3 Å². The highest BCUT2D eigenvalue weighted by Crippen LogP contribution is 2.30. The number of hydrogen-bond acceptors (Lipinski definition) is 3. The molecule has 0 saturated heterocycles. The molecule has 0 bridgehead atoms. The number of rotatable bonds is 17. The monoisotopic (exact) mass is 980 g/mol.